The number of hydrogen-bond acceptors (Lipinski definition) is 1. The molecule has 0 aromatic heterocycles. The molecule has 1 heteroatoms. The fraction of sp³-hybridized carbons (Fsp3) is 0.659. The molecule has 0 amide bonds. The second-order valence-corrected chi connectivity index (χ2v) is 15.1. The molecule has 0 spiro atoms. The van der Waals surface area contributed by atoms with E-state index < -0.39 is 0 Å². The van der Waals surface area contributed by atoms with Crippen LogP contribution in [0.25, 0.3) is 6.08 Å². The lowest BCUT2D eigenvalue weighted by atomic mass is 9.74. The number of unbranched alkanes of at least 4 members (excludes halogenated alkanes) is 1. The molecule has 42 heavy (non-hydrogen) atoms. The van der Waals surface area contributed by atoms with Crippen molar-refractivity contribution in [2.75, 3.05) is 0 Å². The summed E-state index contributed by atoms with van der Waals surface area (Å²) in [4.78, 5) is 0. The van der Waals surface area contributed by atoms with Crippen molar-refractivity contribution in [2.45, 2.75) is 148 Å². The van der Waals surface area contributed by atoms with E-state index >= 15 is 0 Å². The molecule has 0 saturated heterocycles. The van der Waals surface area contributed by atoms with E-state index in [1.54, 1.807) is 0 Å². The summed E-state index contributed by atoms with van der Waals surface area (Å²) in [6, 6.07) is 8.45. The van der Waals surface area contributed by atoms with E-state index in [0.717, 1.165) is 12.8 Å². The normalized spacial score (nSPS) is 12.1. The highest BCUT2D eigenvalue weighted by atomic mass is 14.5. The number of aryl methyl sites for hydroxylation is 1. The van der Waals surface area contributed by atoms with Crippen LogP contribution in [-0.2, 0) is 6.42 Å². The Morgan fingerprint density at radius 3 is 1.45 bits per heavy atom. The molecule has 1 nitrogen and oxygen atoms in total. The lowest BCUT2D eigenvalue weighted by Crippen LogP contribution is -2.18. The van der Waals surface area contributed by atoms with E-state index in [-0.39, 0.29) is 0 Å². The molecular formula is C41H77N. The van der Waals surface area contributed by atoms with Gasteiger partial charge < -0.3 is 5.73 Å². The zero-order valence-electron chi connectivity index (χ0n) is 31.3. The molecule has 0 bridgehead atoms. The molecule has 2 unspecified atom stereocenters. The molecule has 0 aliphatic carbocycles. The van der Waals surface area contributed by atoms with Crippen molar-refractivity contribution < 1.29 is 0 Å². The van der Waals surface area contributed by atoms with Crippen LogP contribution >= 0.6 is 0 Å². The minimum Gasteiger partial charge on any atom is -0.405 e. The van der Waals surface area contributed by atoms with Crippen molar-refractivity contribution in [2.24, 2.45) is 33.8 Å². The Bertz CT molecular complexity index is 772. The summed E-state index contributed by atoms with van der Waals surface area (Å²) in [6.07, 6.45) is 15.1. The number of allylic oxidation sites excluding steroid dienone is 2. The van der Waals surface area contributed by atoms with Gasteiger partial charge in [0.2, 0.25) is 0 Å². The van der Waals surface area contributed by atoms with Crippen molar-refractivity contribution in [3.8, 4) is 0 Å². The van der Waals surface area contributed by atoms with Gasteiger partial charge >= 0.3 is 0 Å². The van der Waals surface area contributed by atoms with Crippen molar-refractivity contribution in [3.05, 3.63) is 79.6 Å². The van der Waals surface area contributed by atoms with Gasteiger partial charge in [-0.2, -0.15) is 0 Å². The molecular weight excluding hydrogens is 506 g/mol. The van der Waals surface area contributed by atoms with Crippen LogP contribution in [0.1, 0.15) is 153 Å². The Morgan fingerprint density at radius 1 is 0.762 bits per heavy atom. The van der Waals surface area contributed by atoms with Crippen LogP contribution in [0.5, 0.6) is 0 Å². The maximum atomic E-state index is 4.61. The Morgan fingerprint density at radius 2 is 1.19 bits per heavy atom. The molecule has 0 radical (unpaired) electrons. The van der Waals surface area contributed by atoms with Crippen LogP contribution in [-0.4, -0.2) is 0 Å². The second kappa shape index (κ2) is 26.6. The quantitative estimate of drug-likeness (QED) is 0.272. The highest BCUT2D eigenvalue weighted by Crippen LogP contribution is 2.37. The molecule has 1 aromatic carbocycles. The third kappa shape index (κ3) is 38.0. The summed E-state index contributed by atoms with van der Waals surface area (Å²) in [6.45, 7) is 46.8. The van der Waals surface area contributed by atoms with Crippen molar-refractivity contribution in [1.82, 2.24) is 0 Å². The van der Waals surface area contributed by atoms with Crippen LogP contribution in [0.3, 0.4) is 0 Å². The SMILES string of the molecule is C=CC(C)CCC(CC(C)(C)C)C(=C)CC(C)(C)C.C=CN.C=Cc1ccc(CC)cc1.CCC(C)(C)C.CCCC. The molecule has 1 aromatic rings. The summed E-state index contributed by atoms with van der Waals surface area (Å²) in [5.41, 5.74) is 9.89. The average Bonchev–Trinajstić information content (AvgIpc) is 2.90. The van der Waals surface area contributed by atoms with Gasteiger partial charge in [0, 0.05) is 0 Å². The van der Waals surface area contributed by atoms with E-state index in [1.807, 2.05) is 6.08 Å². The van der Waals surface area contributed by atoms with Crippen LogP contribution in [0, 0.1) is 28.1 Å². The number of benzene rings is 1. The van der Waals surface area contributed by atoms with Gasteiger partial charge in [-0.15, -0.1) is 6.58 Å². The minimum atomic E-state index is 0.345. The molecule has 0 heterocycles. The third-order valence-corrected chi connectivity index (χ3v) is 6.75. The maximum Gasteiger partial charge on any atom is -0.0136 e. The molecule has 2 N–H and O–H groups in total. The lowest BCUT2D eigenvalue weighted by molar-refractivity contribution is 0.282. The molecule has 2 atom stereocenters. The maximum absolute atomic E-state index is 4.61. The first-order valence-corrected chi connectivity index (χ1v) is 16.5. The largest absolute Gasteiger partial charge is 0.405 e. The Hall–Kier alpha value is -2.02. The zero-order chi connectivity index (χ0) is 34.0. The van der Waals surface area contributed by atoms with Crippen LogP contribution in [0.15, 0.2) is 68.4 Å². The third-order valence-electron chi connectivity index (χ3n) is 6.75. The summed E-state index contributed by atoms with van der Waals surface area (Å²) in [7, 11) is 0. The predicted octanol–water partition coefficient (Wildman–Crippen LogP) is 13.9. The van der Waals surface area contributed by atoms with Crippen LogP contribution in [0.4, 0.5) is 0 Å². The average molecular weight is 584 g/mol. The number of rotatable bonds is 10. The first kappa shape index (κ1) is 46.9. The highest BCUT2D eigenvalue weighted by molar-refractivity contribution is 5.47. The summed E-state index contributed by atoms with van der Waals surface area (Å²) >= 11 is 0. The minimum absolute atomic E-state index is 0.345. The summed E-state index contributed by atoms with van der Waals surface area (Å²) in [5.74, 6) is 1.27. The fourth-order valence-corrected chi connectivity index (χ4v) is 3.49. The van der Waals surface area contributed by atoms with E-state index in [0.29, 0.717) is 28.1 Å². The molecule has 0 aliphatic rings. The second-order valence-electron chi connectivity index (χ2n) is 15.1. The fourth-order valence-electron chi connectivity index (χ4n) is 3.49. The van der Waals surface area contributed by atoms with Crippen molar-refractivity contribution >= 4 is 6.08 Å². The van der Waals surface area contributed by atoms with E-state index in [4.69, 9.17) is 0 Å². The Labute approximate surface area is 267 Å². The van der Waals surface area contributed by atoms with Crippen molar-refractivity contribution in [1.29, 1.82) is 0 Å². The Kier molecular flexibility index (Phi) is 29.7. The van der Waals surface area contributed by atoms with Crippen LogP contribution in [0.2, 0.25) is 0 Å². The standard InChI is InChI=1S/C19H36.C10H12.C6H14.C4H10.C2H5N/c1-10-15(2)11-12-17(14-19(7,8)9)16(3)13-18(4,5)6;1-3-9-5-7-10(4-2)8-6-9;1-5-6(2,3)4;1-3-4-2;1-2-3/h10,15,17H,1,3,11-14H2,2,4-9H3;3,5-8H,1,4H2,2H3;5H2,1-4H3;3-4H2,1-2H3;2H,1,3H2. The molecule has 0 fully saturated rings. The smallest absolute Gasteiger partial charge is 0.0136 e. The van der Waals surface area contributed by atoms with Gasteiger partial charge in [0.1, 0.15) is 0 Å². The summed E-state index contributed by atoms with van der Waals surface area (Å²) < 4.78 is 0. The highest BCUT2D eigenvalue weighted by Gasteiger charge is 2.24. The van der Waals surface area contributed by atoms with E-state index in [1.165, 1.54) is 61.4 Å². The first-order valence-electron chi connectivity index (χ1n) is 16.5. The van der Waals surface area contributed by atoms with Gasteiger partial charge in [0.25, 0.3) is 0 Å². The van der Waals surface area contributed by atoms with E-state index in [2.05, 4.69) is 159 Å². The van der Waals surface area contributed by atoms with Crippen LogP contribution < -0.4 is 5.73 Å². The van der Waals surface area contributed by atoms with Gasteiger partial charge in [-0.1, -0.05) is 178 Å². The number of nitrogens with two attached hydrogens (primary N) is 1. The molecule has 0 saturated carbocycles. The van der Waals surface area contributed by atoms with Gasteiger partial charge in [0.15, 0.2) is 0 Å². The van der Waals surface area contributed by atoms with Gasteiger partial charge in [-0.3, -0.25) is 0 Å². The zero-order valence-corrected chi connectivity index (χ0v) is 31.3. The van der Waals surface area contributed by atoms with Crippen molar-refractivity contribution in [3.63, 3.8) is 0 Å². The predicted molar refractivity (Wildman–Crippen MR) is 200 cm³/mol. The molecule has 246 valence electrons. The first-order chi connectivity index (χ1) is 19.2. The Balaban J connectivity index is -0.000000259. The number of hydrogen-bond donors (Lipinski definition) is 1. The van der Waals surface area contributed by atoms with Gasteiger partial charge in [-0.25, -0.2) is 0 Å². The lowest BCUT2D eigenvalue weighted by Gasteiger charge is -2.31. The molecule has 0 aliphatic heterocycles. The van der Waals surface area contributed by atoms with Gasteiger partial charge in [-0.05, 0) is 77.5 Å². The topological polar surface area (TPSA) is 26.0 Å². The molecule has 1 rings (SSSR count). The van der Waals surface area contributed by atoms with Gasteiger partial charge in [0.05, 0.1) is 0 Å². The van der Waals surface area contributed by atoms with E-state index in [9.17, 15) is 0 Å². The summed E-state index contributed by atoms with van der Waals surface area (Å²) in [5, 5.41) is 0. The monoisotopic (exact) mass is 584 g/mol.